The van der Waals surface area contributed by atoms with Crippen molar-refractivity contribution in [1.82, 2.24) is 5.32 Å². The minimum absolute atomic E-state index is 0.191. The lowest BCUT2D eigenvalue weighted by Gasteiger charge is -2.25. The predicted molar refractivity (Wildman–Crippen MR) is 71.3 cm³/mol. The molecule has 0 saturated carbocycles. The number of amides is 2. The fourth-order valence-corrected chi connectivity index (χ4v) is 2.04. The highest BCUT2D eigenvalue weighted by molar-refractivity contribution is 9.10. The van der Waals surface area contributed by atoms with Gasteiger partial charge in [-0.2, -0.15) is 0 Å². The lowest BCUT2D eigenvalue weighted by molar-refractivity contribution is 0.246. The van der Waals surface area contributed by atoms with Gasteiger partial charge in [0.05, 0.1) is 11.6 Å². The van der Waals surface area contributed by atoms with E-state index in [0.29, 0.717) is 6.54 Å². The smallest absolute Gasteiger partial charge is 0.312 e. The number of benzene rings is 1. The Bertz CT molecular complexity index is 419. The monoisotopic (exact) mass is 300 g/mol. The molecule has 1 aromatic rings. The number of primary amides is 1. The van der Waals surface area contributed by atoms with E-state index in [-0.39, 0.29) is 5.41 Å². The van der Waals surface area contributed by atoms with Crippen LogP contribution in [0.1, 0.15) is 19.4 Å². The van der Waals surface area contributed by atoms with Crippen LogP contribution in [0.2, 0.25) is 0 Å². The van der Waals surface area contributed by atoms with Crippen molar-refractivity contribution in [3.05, 3.63) is 28.2 Å². The number of hydrogen-bond acceptors (Lipinski definition) is 2. The number of carbonyl (C=O) groups is 1. The summed E-state index contributed by atoms with van der Waals surface area (Å²) in [7, 11) is 1.62. The van der Waals surface area contributed by atoms with Crippen LogP contribution < -0.4 is 15.8 Å². The Morgan fingerprint density at radius 2 is 2.18 bits per heavy atom. The van der Waals surface area contributed by atoms with Crippen molar-refractivity contribution in [2.45, 2.75) is 19.3 Å². The lowest BCUT2D eigenvalue weighted by atomic mass is 9.84. The summed E-state index contributed by atoms with van der Waals surface area (Å²) < 4.78 is 6.07. The van der Waals surface area contributed by atoms with Gasteiger partial charge in [0.15, 0.2) is 0 Å². The third-order valence-electron chi connectivity index (χ3n) is 2.64. The van der Waals surface area contributed by atoms with Gasteiger partial charge in [-0.1, -0.05) is 19.9 Å². The summed E-state index contributed by atoms with van der Waals surface area (Å²) in [6.45, 7) is 4.56. The molecule has 0 aromatic heterocycles. The van der Waals surface area contributed by atoms with E-state index in [0.717, 1.165) is 15.8 Å². The minimum Gasteiger partial charge on any atom is -0.496 e. The Kier molecular flexibility index (Phi) is 4.40. The second-order valence-electron chi connectivity index (χ2n) is 4.45. The minimum atomic E-state index is -0.509. The summed E-state index contributed by atoms with van der Waals surface area (Å²) in [5, 5.41) is 2.62. The average Bonchev–Trinajstić information content (AvgIpc) is 2.26. The van der Waals surface area contributed by atoms with Crippen molar-refractivity contribution in [3.8, 4) is 5.75 Å². The first-order valence-corrected chi connectivity index (χ1v) is 6.03. The topological polar surface area (TPSA) is 64.3 Å². The number of ether oxygens (including phenoxy) is 1. The molecular formula is C12H17BrN2O2. The molecule has 5 heteroatoms. The fourth-order valence-electron chi connectivity index (χ4n) is 1.50. The van der Waals surface area contributed by atoms with Crippen LogP contribution in [-0.2, 0) is 5.41 Å². The molecule has 0 aliphatic rings. The normalized spacial score (nSPS) is 11.1. The summed E-state index contributed by atoms with van der Waals surface area (Å²) in [4.78, 5) is 10.7. The van der Waals surface area contributed by atoms with Crippen molar-refractivity contribution in [3.63, 3.8) is 0 Å². The average molecular weight is 301 g/mol. The van der Waals surface area contributed by atoms with Crippen molar-refractivity contribution in [2.75, 3.05) is 13.7 Å². The SMILES string of the molecule is COc1ccc(C(C)(C)CNC(N)=O)cc1Br. The highest BCUT2D eigenvalue weighted by Gasteiger charge is 2.21. The molecule has 94 valence electrons. The van der Waals surface area contributed by atoms with Crippen LogP contribution in [0.3, 0.4) is 0 Å². The number of urea groups is 1. The molecule has 2 amide bonds. The van der Waals surface area contributed by atoms with E-state index >= 15 is 0 Å². The molecule has 0 fully saturated rings. The van der Waals surface area contributed by atoms with E-state index in [2.05, 4.69) is 21.2 Å². The quantitative estimate of drug-likeness (QED) is 0.897. The standard InChI is InChI=1S/C12H17BrN2O2/c1-12(2,7-15-11(14)16)8-4-5-10(17-3)9(13)6-8/h4-6H,7H2,1-3H3,(H3,14,15,16). The van der Waals surface area contributed by atoms with Crippen molar-refractivity contribution < 1.29 is 9.53 Å². The largest absolute Gasteiger partial charge is 0.496 e. The zero-order valence-electron chi connectivity index (χ0n) is 10.2. The van der Waals surface area contributed by atoms with Crippen molar-refractivity contribution in [2.24, 2.45) is 5.73 Å². The van der Waals surface area contributed by atoms with E-state index in [1.54, 1.807) is 7.11 Å². The Balaban J connectivity index is 2.90. The zero-order valence-corrected chi connectivity index (χ0v) is 11.8. The Hall–Kier alpha value is -1.23. The third kappa shape index (κ3) is 3.63. The van der Waals surface area contributed by atoms with Gasteiger partial charge in [-0.05, 0) is 33.6 Å². The van der Waals surface area contributed by atoms with Crippen molar-refractivity contribution >= 4 is 22.0 Å². The maximum atomic E-state index is 10.7. The van der Waals surface area contributed by atoms with E-state index in [4.69, 9.17) is 10.5 Å². The number of nitrogens with one attached hydrogen (secondary N) is 1. The maximum absolute atomic E-state index is 10.7. The van der Waals surface area contributed by atoms with Gasteiger partial charge < -0.3 is 15.8 Å². The highest BCUT2D eigenvalue weighted by Crippen LogP contribution is 2.31. The molecule has 0 saturated heterocycles. The molecule has 0 heterocycles. The molecule has 0 atom stereocenters. The van der Waals surface area contributed by atoms with Crippen LogP contribution in [0.15, 0.2) is 22.7 Å². The maximum Gasteiger partial charge on any atom is 0.312 e. The van der Waals surface area contributed by atoms with Crippen molar-refractivity contribution in [1.29, 1.82) is 0 Å². The van der Waals surface area contributed by atoms with E-state index in [9.17, 15) is 4.79 Å². The van der Waals surface area contributed by atoms with Crippen LogP contribution in [0, 0.1) is 0 Å². The number of rotatable bonds is 4. The number of hydrogen-bond donors (Lipinski definition) is 2. The number of methoxy groups -OCH3 is 1. The second kappa shape index (κ2) is 5.40. The second-order valence-corrected chi connectivity index (χ2v) is 5.31. The Morgan fingerprint density at radius 1 is 1.53 bits per heavy atom. The molecule has 0 bridgehead atoms. The van der Waals surface area contributed by atoms with Gasteiger partial charge in [-0.3, -0.25) is 0 Å². The molecule has 0 aliphatic carbocycles. The van der Waals surface area contributed by atoms with Gasteiger partial charge in [0.1, 0.15) is 5.75 Å². The highest BCUT2D eigenvalue weighted by atomic mass is 79.9. The van der Waals surface area contributed by atoms with Gasteiger partial charge in [0.2, 0.25) is 0 Å². The molecule has 17 heavy (non-hydrogen) atoms. The molecular weight excluding hydrogens is 284 g/mol. The molecule has 0 radical (unpaired) electrons. The Labute approximate surface area is 110 Å². The fraction of sp³-hybridized carbons (Fsp3) is 0.417. The molecule has 3 N–H and O–H groups in total. The number of nitrogens with two attached hydrogens (primary N) is 1. The molecule has 1 aromatic carbocycles. The van der Waals surface area contributed by atoms with Gasteiger partial charge in [0, 0.05) is 12.0 Å². The molecule has 4 nitrogen and oxygen atoms in total. The summed E-state index contributed by atoms with van der Waals surface area (Å²) >= 11 is 3.44. The van der Waals surface area contributed by atoms with Crippen LogP contribution in [-0.4, -0.2) is 19.7 Å². The van der Waals surface area contributed by atoms with Gasteiger partial charge in [0.25, 0.3) is 0 Å². The summed E-state index contributed by atoms with van der Waals surface area (Å²) in [5.74, 6) is 0.785. The van der Waals surface area contributed by atoms with E-state index in [1.807, 2.05) is 32.0 Å². The first-order chi connectivity index (χ1) is 7.86. The number of halogens is 1. The lowest BCUT2D eigenvalue weighted by Crippen LogP contribution is -2.39. The van der Waals surface area contributed by atoms with Crippen LogP contribution >= 0.6 is 15.9 Å². The zero-order chi connectivity index (χ0) is 13.1. The van der Waals surface area contributed by atoms with E-state index in [1.165, 1.54) is 0 Å². The predicted octanol–water partition coefficient (Wildman–Crippen LogP) is 2.40. The Morgan fingerprint density at radius 3 is 2.65 bits per heavy atom. The van der Waals surface area contributed by atoms with E-state index < -0.39 is 6.03 Å². The molecule has 0 unspecified atom stereocenters. The molecule has 0 spiro atoms. The third-order valence-corrected chi connectivity index (χ3v) is 3.26. The first kappa shape index (κ1) is 13.8. The van der Waals surface area contributed by atoms with Crippen LogP contribution in [0.5, 0.6) is 5.75 Å². The van der Waals surface area contributed by atoms with Crippen LogP contribution in [0.4, 0.5) is 4.79 Å². The first-order valence-electron chi connectivity index (χ1n) is 5.24. The van der Waals surface area contributed by atoms with Gasteiger partial charge in [-0.25, -0.2) is 4.79 Å². The summed E-state index contributed by atoms with van der Waals surface area (Å²) in [6, 6.07) is 5.35. The number of carbonyl (C=O) groups excluding carboxylic acids is 1. The molecule has 1 rings (SSSR count). The van der Waals surface area contributed by atoms with Crippen LogP contribution in [0.25, 0.3) is 0 Å². The molecule has 0 aliphatic heterocycles. The van der Waals surface area contributed by atoms with Gasteiger partial charge in [-0.15, -0.1) is 0 Å². The summed E-state index contributed by atoms with van der Waals surface area (Å²) in [5.41, 5.74) is 5.98. The summed E-state index contributed by atoms with van der Waals surface area (Å²) in [6.07, 6.45) is 0. The van der Waals surface area contributed by atoms with Gasteiger partial charge >= 0.3 is 6.03 Å².